The molecule has 2 saturated heterocycles. The van der Waals surface area contributed by atoms with Crippen molar-refractivity contribution in [2.24, 2.45) is 5.73 Å². The average Bonchev–Trinajstić information content (AvgIpc) is 3.93. The third-order valence-electron chi connectivity index (χ3n) is 10.6. The maximum absolute atomic E-state index is 13.4. The zero-order valence-corrected chi connectivity index (χ0v) is 27.3. The van der Waals surface area contributed by atoms with Crippen LogP contribution in [0.25, 0.3) is 27.6 Å². The second-order valence-electron chi connectivity index (χ2n) is 13.7. The van der Waals surface area contributed by atoms with E-state index in [1.165, 1.54) is 10.8 Å². The topological polar surface area (TPSA) is 115 Å². The van der Waals surface area contributed by atoms with Crippen molar-refractivity contribution in [2.45, 2.75) is 62.9 Å². The number of hydrogen-bond donors (Lipinski definition) is 5. The van der Waals surface area contributed by atoms with E-state index in [1.54, 1.807) is 0 Å². The first-order valence-corrected chi connectivity index (χ1v) is 17.2. The number of hydrogen-bond acceptors (Lipinski definition) is 7. The van der Waals surface area contributed by atoms with E-state index in [-0.39, 0.29) is 36.6 Å². The summed E-state index contributed by atoms with van der Waals surface area (Å²) in [6, 6.07) is 29.9. The first kappa shape index (κ1) is 30.3. The molecule has 48 heavy (non-hydrogen) atoms. The van der Waals surface area contributed by atoms with Crippen LogP contribution in [0, 0.1) is 0 Å². The number of benzene rings is 4. The fourth-order valence-electron chi connectivity index (χ4n) is 8.19. The summed E-state index contributed by atoms with van der Waals surface area (Å²) in [5.74, 6) is 0.187. The number of nitrogens with two attached hydrogens (primary N) is 1. The molecule has 4 aromatic carbocycles. The van der Waals surface area contributed by atoms with Gasteiger partial charge in [-0.3, -0.25) is 9.59 Å². The van der Waals surface area contributed by atoms with E-state index in [0.29, 0.717) is 6.42 Å². The summed E-state index contributed by atoms with van der Waals surface area (Å²) in [6.07, 6.45) is 6.34. The van der Waals surface area contributed by atoms with Gasteiger partial charge in [0.2, 0.25) is 11.8 Å². The highest BCUT2D eigenvalue weighted by molar-refractivity contribution is 5.91. The minimum Gasteiger partial charge on any atom is -0.368 e. The predicted octanol–water partition coefficient (Wildman–Crippen LogP) is 5.06. The molecule has 2 unspecified atom stereocenters. The number of anilines is 2. The van der Waals surface area contributed by atoms with Gasteiger partial charge >= 0.3 is 0 Å². The zero-order valence-electron chi connectivity index (χ0n) is 27.3. The molecule has 0 radical (unpaired) electrons. The van der Waals surface area contributed by atoms with Crippen LogP contribution in [-0.4, -0.2) is 65.2 Å². The lowest BCUT2D eigenvalue weighted by molar-refractivity contribution is -0.132. The standard InChI is InChI=1S/C39H43N7O2/c1-39(35-10-6-18-46(35)36(47)19-25-7-3-2-4-8-25)43-31-16-15-29(22-32(31)44-39)27-11-12-28-21-30(14-13-26(28)20-27)33-24-41-38(42-33)34-9-5-17-45(34)37(48)23-40/h2-4,7-8,11-16,20-22,24,34-35,38,41-44H,5-6,9-10,17-19,23,40H2,1H3/t34-,35-,38?,39?/m0/s1. The lowest BCUT2D eigenvalue weighted by Gasteiger charge is -2.38. The van der Waals surface area contributed by atoms with E-state index in [4.69, 9.17) is 5.73 Å². The van der Waals surface area contributed by atoms with Gasteiger partial charge < -0.3 is 36.8 Å². The summed E-state index contributed by atoms with van der Waals surface area (Å²) in [5.41, 5.74) is 12.8. The lowest BCUT2D eigenvalue weighted by atomic mass is 9.98. The fourth-order valence-corrected chi connectivity index (χ4v) is 8.19. The Morgan fingerprint density at radius 1 is 0.792 bits per heavy atom. The van der Waals surface area contributed by atoms with Crippen LogP contribution in [0.15, 0.2) is 91.1 Å². The van der Waals surface area contributed by atoms with Gasteiger partial charge in [-0.05, 0) is 89.9 Å². The summed E-state index contributed by atoms with van der Waals surface area (Å²) < 4.78 is 0. The molecule has 4 atom stereocenters. The van der Waals surface area contributed by atoms with Crippen LogP contribution in [0.3, 0.4) is 0 Å². The highest BCUT2D eigenvalue weighted by Gasteiger charge is 2.46. The maximum Gasteiger partial charge on any atom is 0.236 e. The molecule has 2 amide bonds. The number of rotatable bonds is 7. The summed E-state index contributed by atoms with van der Waals surface area (Å²) >= 11 is 0. The molecule has 6 N–H and O–H groups in total. The Labute approximate surface area is 281 Å². The molecule has 9 heteroatoms. The molecule has 246 valence electrons. The molecule has 0 aliphatic carbocycles. The van der Waals surface area contributed by atoms with Crippen molar-refractivity contribution in [3.05, 3.63) is 102 Å². The molecule has 4 aliphatic rings. The maximum atomic E-state index is 13.4. The van der Waals surface area contributed by atoms with Gasteiger partial charge in [-0.25, -0.2) is 0 Å². The van der Waals surface area contributed by atoms with Crippen molar-refractivity contribution >= 4 is 39.7 Å². The van der Waals surface area contributed by atoms with Crippen LogP contribution >= 0.6 is 0 Å². The SMILES string of the molecule is CC1([C@@H]2CCCN2C(=O)Cc2ccccc2)Nc2ccc(-c3ccc4cc(C5=CNC([C@@H]6CCCN6C(=O)CN)N5)ccc4c3)cc2N1. The molecule has 4 heterocycles. The Morgan fingerprint density at radius 3 is 2.29 bits per heavy atom. The van der Waals surface area contributed by atoms with E-state index in [1.807, 2.05) is 41.4 Å². The monoisotopic (exact) mass is 641 g/mol. The van der Waals surface area contributed by atoms with Gasteiger partial charge in [0.25, 0.3) is 0 Å². The summed E-state index contributed by atoms with van der Waals surface area (Å²) in [6.45, 7) is 3.77. The van der Waals surface area contributed by atoms with Crippen LogP contribution < -0.4 is 27.0 Å². The van der Waals surface area contributed by atoms with Gasteiger partial charge in [-0.15, -0.1) is 0 Å². The Bertz CT molecular complexity index is 1910. The van der Waals surface area contributed by atoms with Gasteiger partial charge in [-0.2, -0.15) is 0 Å². The van der Waals surface area contributed by atoms with Crippen molar-refractivity contribution in [1.82, 2.24) is 20.4 Å². The third-order valence-corrected chi connectivity index (χ3v) is 10.6. The minimum atomic E-state index is -0.448. The molecule has 4 aromatic rings. The molecule has 2 fully saturated rings. The first-order valence-electron chi connectivity index (χ1n) is 17.2. The molecular weight excluding hydrogens is 598 g/mol. The number of carbonyl (C=O) groups excluding carboxylic acids is 2. The van der Waals surface area contributed by atoms with Crippen molar-refractivity contribution < 1.29 is 9.59 Å². The van der Waals surface area contributed by atoms with Gasteiger partial charge in [0.05, 0.1) is 42.1 Å². The molecule has 8 rings (SSSR count). The number of carbonyl (C=O) groups is 2. The number of nitrogens with zero attached hydrogens (tertiary/aromatic N) is 2. The van der Waals surface area contributed by atoms with Crippen LogP contribution in [0.4, 0.5) is 11.4 Å². The molecule has 0 aromatic heterocycles. The van der Waals surface area contributed by atoms with Crippen LogP contribution in [0.1, 0.15) is 43.7 Å². The normalized spacial score (nSPS) is 24.5. The number of amides is 2. The van der Waals surface area contributed by atoms with E-state index < -0.39 is 5.66 Å². The van der Waals surface area contributed by atoms with Gasteiger partial charge in [0.1, 0.15) is 11.8 Å². The first-order chi connectivity index (χ1) is 23.4. The molecule has 4 aliphatic heterocycles. The van der Waals surface area contributed by atoms with Crippen molar-refractivity contribution in [2.75, 3.05) is 30.3 Å². The zero-order chi connectivity index (χ0) is 32.8. The molecule has 0 spiro atoms. The third kappa shape index (κ3) is 5.52. The second-order valence-corrected chi connectivity index (χ2v) is 13.7. The average molecular weight is 642 g/mol. The largest absolute Gasteiger partial charge is 0.368 e. The van der Waals surface area contributed by atoms with Crippen LogP contribution in [0.5, 0.6) is 0 Å². The Balaban J connectivity index is 0.959. The number of likely N-dealkylation sites (tertiary alicyclic amines) is 2. The fraction of sp³-hybridized carbons (Fsp3) is 0.333. The van der Waals surface area contributed by atoms with Gasteiger partial charge in [0, 0.05) is 19.3 Å². The summed E-state index contributed by atoms with van der Waals surface area (Å²) in [4.78, 5) is 29.7. The van der Waals surface area contributed by atoms with E-state index >= 15 is 0 Å². The highest BCUT2D eigenvalue weighted by Crippen LogP contribution is 2.42. The Morgan fingerprint density at radius 2 is 1.48 bits per heavy atom. The summed E-state index contributed by atoms with van der Waals surface area (Å²) in [7, 11) is 0. The van der Waals surface area contributed by atoms with Crippen molar-refractivity contribution in [1.29, 1.82) is 0 Å². The van der Waals surface area contributed by atoms with Gasteiger partial charge in [-0.1, -0.05) is 60.7 Å². The predicted molar refractivity (Wildman–Crippen MR) is 192 cm³/mol. The Hall–Kier alpha value is -5.02. The minimum absolute atomic E-state index is 0.00645. The Kier molecular flexibility index (Phi) is 7.71. The van der Waals surface area contributed by atoms with Crippen molar-refractivity contribution in [3.8, 4) is 11.1 Å². The van der Waals surface area contributed by atoms with E-state index in [0.717, 1.165) is 78.1 Å². The molecule has 0 bridgehead atoms. The summed E-state index contributed by atoms with van der Waals surface area (Å²) in [5, 5.41) is 16.9. The van der Waals surface area contributed by atoms with E-state index in [9.17, 15) is 9.59 Å². The van der Waals surface area contributed by atoms with Crippen LogP contribution in [-0.2, 0) is 16.0 Å². The lowest BCUT2D eigenvalue weighted by Crippen LogP contribution is -2.57. The molecule has 9 nitrogen and oxygen atoms in total. The van der Waals surface area contributed by atoms with Crippen molar-refractivity contribution in [3.63, 3.8) is 0 Å². The smallest absolute Gasteiger partial charge is 0.236 e. The van der Waals surface area contributed by atoms with E-state index in [2.05, 4.69) is 87.7 Å². The second kappa shape index (κ2) is 12.2. The molecule has 0 saturated carbocycles. The number of nitrogens with one attached hydrogen (secondary N) is 4. The quantitative estimate of drug-likeness (QED) is 0.192. The van der Waals surface area contributed by atoms with Gasteiger partial charge in [0.15, 0.2) is 0 Å². The van der Waals surface area contributed by atoms with Crippen LogP contribution in [0.2, 0.25) is 0 Å². The number of fused-ring (bicyclic) bond motifs is 2. The molecular formula is C39H43N7O2. The highest BCUT2D eigenvalue weighted by atomic mass is 16.2.